The molecule has 2 atom stereocenters. The number of nitrogens with zero attached hydrogens (tertiary/aromatic N) is 2. The van der Waals surface area contributed by atoms with Gasteiger partial charge in [-0.25, -0.2) is 9.59 Å². The minimum absolute atomic E-state index is 0.0140. The monoisotopic (exact) mass is 327 g/mol. The molecule has 0 aromatic rings. The van der Waals surface area contributed by atoms with Crippen molar-refractivity contribution in [2.45, 2.75) is 64.8 Å². The zero-order chi connectivity index (χ0) is 17.4. The normalized spacial score (nSPS) is 27.8. The molecule has 0 aliphatic carbocycles. The number of carbonyl (C=O) groups is 2. The summed E-state index contributed by atoms with van der Waals surface area (Å²) in [7, 11) is 0. The molecule has 0 spiro atoms. The molecule has 2 saturated heterocycles. The van der Waals surface area contributed by atoms with Crippen LogP contribution in [0.2, 0.25) is 0 Å². The van der Waals surface area contributed by atoms with Gasteiger partial charge in [-0.15, -0.1) is 0 Å². The van der Waals surface area contributed by atoms with E-state index in [0.717, 1.165) is 0 Å². The summed E-state index contributed by atoms with van der Waals surface area (Å²) in [5.74, 6) is 0. The van der Waals surface area contributed by atoms with Crippen LogP contribution in [0.5, 0.6) is 0 Å². The summed E-state index contributed by atoms with van der Waals surface area (Å²) in [6.45, 7) is 13.6. The molecule has 2 amide bonds. The van der Waals surface area contributed by atoms with Crippen LogP contribution in [0.3, 0.4) is 0 Å². The molecule has 23 heavy (non-hydrogen) atoms. The molecule has 2 heterocycles. The highest BCUT2D eigenvalue weighted by atomic mass is 16.6. The van der Waals surface area contributed by atoms with E-state index < -0.39 is 11.2 Å². The zero-order valence-corrected chi connectivity index (χ0v) is 15.0. The summed E-state index contributed by atoms with van der Waals surface area (Å²) in [6, 6.07) is 0.0724. The van der Waals surface area contributed by atoms with Gasteiger partial charge in [-0.1, -0.05) is 0 Å². The van der Waals surface area contributed by atoms with Crippen LogP contribution in [-0.4, -0.2) is 71.5 Å². The van der Waals surface area contributed by atoms with Crippen molar-refractivity contribution in [3.63, 3.8) is 0 Å². The van der Waals surface area contributed by atoms with Gasteiger partial charge in [0.2, 0.25) is 0 Å². The molecule has 0 aromatic carbocycles. The lowest BCUT2D eigenvalue weighted by Gasteiger charge is -2.40. The van der Waals surface area contributed by atoms with Crippen LogP contribution < -0.4 is 5.32 Å². The Bertz CT molecular complexity index is 472. The molecule has 0 saturated carbocycles. The Morgan fingerprint density at radius 3 is 2.61 bits per heavy atom. The molecule has 2 aliphatic rings. The average Bonchev–Trinajstić information content (AvgIpc) is 2.62. The van der Waals surface area contributed by atoms with Crippen molar-refractivity contribution in [3.05, 3.63) is 0 Å². The molecule has 0 bridgehead atoms. The number of hydrogen-bond acceptors (Lipinski definition) is 5. The summed E-state index contributed by atoms with van der Waals surface area (Å²) in [5.41, 5.74) is -0.968. The third-order valence-corrected chi connectivity index (χ3v) is 3.91. The zero-order valence-electron chi connectivity index (χ0n) is 15.0. The number of cyclic esters (lactones) is 1. The molecule has 2 aliphatic heterocycles. The van der Waals surface area contributed by atoms with Crippen LogP contribution in [-0.2, 0) is 9.47 Å². The molecule has 2 fully saturated rings. The van der Waals surface area contributed by atoms with Gasteiger partial charge < -0.3 is 24.6 Å². The maximum atomic E-state index is 12.3. The average molecular weight is 327 g/mol. The van der Waals surface area contributed by atoms with Gasteiger partial charge in [-0.3, -0.25) is 0 Å². The molecular weight excluding hydrogens is 298 g/mol. The topological polar surface area (TPSA) is 71.1 Å². The highest BCUT2D eigenvalue weighted by molar-refractivity contribution is 5.71. The number of hydrogen-bond donors (Lipinski definition) is 1. The van der Waals surface area contributed by atoms with E-state index in [0.29, 0.717) is 26.2 Å². The van der Waals surface area contributed by atoms with E-state index >= 15 is 0 Å². The van der Waals surface area contributed by atoms with Crippen molar-refractivity contribution in [2.24, 2.45) is 0 Å². The van der Waals surface area contributed by atoms with Gasteiger partial charge in [-0.05, 0) is 41.5 Å². The third-order valence-electron chi connectivity index (χ3n) is 3.91. The van der Waals surface area contributed by atoms with E-state index in [2.05, 4.69) is 5.32 Å². The number of rotatable bonds is 2. The number of piperazine rings is 1. The first-order chi connectivity index (χ1) is 10.5. The maximum absolute atomic E-state index is 12.3. The molecule has 7 heteroatoms. The molecule has 2 rings (SSSR count). The number of amides is 2. The van der Waals surface area contributed by atoms with Crippen molar-refractivity contribution in [1.82, 2.24) is 15.1 Å². The van der Waals surface area contributed by atoms with E-state index in [1.54, 1.807) is 9.80 Å². The molecule has 0 aromatic heterocycles. The second kappa shape index (κ2) is 6.19. The predicted molar refractivity (Wildman–Crippen MR) is 86.3 cm³/mol. The SMILES string of the molecule is C[C@@H]1CN[C@@H](CN2CC(C)(C)OC2=O)CN1C(=O)OC(C)(C)C. The first-order valence-corrected chi connectivity index (χ1v) is 8.18. The number of nitrogens with one attached hydrogen (secondary N) is 1. The van der Waals surface area contributed by atoms with Crippen molar-refractivity contribution in [1.29, 1.82) is 0 Å². The number of carbonyl (C=O) groups excluding carboxylic acids is 2. The van der Waals surface area contributed by atoms with Gasteiger partial charge in [-0.2, -0.15) is 0 Å². The summed E-state index contributed by atoms with van der Waals surface area (Å²) < 4.78 is 10.8. The van der Waals surface area contributed by atoms with Gasteiger partial charge in [0.25, 0.3) is 0 Å². The van der Waals surface area contributed by atoms with Gasteiger partial charge in [0.05, 0.1) is 6.54 Å². The Hall–Kier alpha value is -1.50. The summed E-state index contributed by atoms with van der Waals surface area (Å²) in [5, 5.41) is 3.39. The Labute approximate surface area is 138 Å². The van der Waals surface area contributed by atoms with Gasteiger partial charge in [0.15, 0.2) is 0 Å². The Balaban J connectivity index is 1.95. The molecule has 132 valence electrons. The summed E-state index contributed by atoms with van der Waals surface area (Å²) in [6.07, 6.45) is -0.597. The minimum atomic E-state index is -0.514. The first-order valence-electron chi connectivity index (χ1n) is 8.18. The first kappa shape index (κ1) is 17.8. The quantitative estimate of drug-likeness (QED) is 0.837. The summed E-state index contributed by atoms with van der Waals surface area (Å²) >= 11 is 0. The van der Waals surface area contributed by atoms with Crippen molar-refractivity contribution in [2.75, 3.05) is 26.2 Å². The molecule has 0 unspecified atom stereocenters. The second-order valence-electron chi connectivity index (χ2n) is 8.10. The van der Waals surface area contributed by atoms with Crippen LogP contribution in [0.15, 0.2) is 0 Å². The van der Waals surface area contributed by atoms with Crippen molar-refractivity contribution >= 4 is 12.2 Å². The number of ether oxygens (including phenoxy) is 2. The van der Waals surface area contributed by atoms with Gasteiger partial charge >= 0.3 is 12.2 Å². The van der Waals surface area contributed by atoms with Gasteiger partial charge in [0, 0.05) is 31.7 Å². The van der Waals surface area contributed by atoms with Crippen molar-refractivity contribution in [3.8, 4) is 0 Å². The Morgan fingerprint density at radius 1 is 1.43 bits per heavy atom. The highest BCUT2D eigenvalue weighted by Crippen LogP contribution is 2.22. The fourth-order valence-corrected chi connectivity index (χ4v) is 2.89. The van der Waals surface area contributed by atoms with E-state index in [-0.39, 0.29) is 24.3 Å². The van der Waals surface area contributed by atoms with Gasteiger partial charge in [0.1, 0.15) is 11.2 Å². The van der Waals surface area contributed by atoms with E-state index in [4.69, 9.17) is 9.47 Å². The van der Waals surface area contributed by atoms with Crippen LogP contribution in [0.25, 0.3) is 0 Å². The Morgan fingerprint density at radius 2 is 2.09 bits per heavy atom. The predicted octanol–water partition coefficient (Wildman–Crippen LogP) is 1.81. The minimum Gasteiger partial charge on any atom is -0.444 e. The summed E-state index contributed by atoms with van der Waals surface area (Å²) in [4.78, 5) is 27.7. The lowest BCUT2D eigenvalue weighted by molar-refractivity contribution is 0.00866. The van der Waals surface area contributed by atoms with Crippen LogP contribution in [0.4, 0.5) is 9.59 Å². The molecule has 0 radical (unpaired) electrons. The largest absolute Gasteiger partial charge is 0.444 e. The fourth-order valence-electron chi connectivity index (χ4n) is 2.89. The van der Waals surface area contributed by atoms with E-state index in [1.165, 1.54) is 0 Å². The van der Waals surface area contributed by atoms with E-state index in [9.17, 15) is 9.59 Å². The molecular formula is C16H29N3O4. The van der Waals surface area contributed by atoms with Crippen LogP contribution >= 0.6 is 0 Å². The fraction of sp³-hybridized carbons (Fsp3) is 0.875. The standard InChI is InChI=1S/C16H29N3O4/c1-11-7-17-12(8-18-10-16(5,6)23-13(18)20)9-19(11)14(21)22-15(2,3)4/h11-12,17H,7-10H2,1-6H3/t11-,12+/m1/s1. The maximum Gasteiger partial charge on any atom is 0.410 e. The second-order valence-corrected chi connectivity index (χ2v) is 8.10. The third kappa shape index (κ3) is 4.73. The molecule has 7 nitrogen and oxygen atoms in total. The van der Waals surface area contributed by atoms with Crippen LogP contribution in [0, 0.1) is 0 Å². The Kier molecular flexibility index (Phi) is 4.80. The lowest BCUT2D eigenvalue weighted by Crippen LogP contribution is -2.60. The van der Waals surface area contributed by atoms with Crippen LogP contribution in [0.1, 0.15) is 41.5 Å². The lowest BCUT2D eigenvalue weighted by atomic mass is 10.1. The van der Waals surface area contributed by atoms with E-state index in [1.807, 2.05) is 41.5 Å². The smallest absolute Gasteiger partial charge is 0.410 e. The van der Waals surface area contributed by atoms with Crippen molar-refractivity contribution < 1.29 is 19.1 Å². The highest BCUT2D eigenvalue weighted by Gasteiger charge is 2.40. The molecule has 1 N–H and O–H groups in total.